The molecule has 0 saturated carbocycles. The molecule has 18 heavy (non-hydrogen) atoms. The van der Waals surface area contributed by atoms with E-state index in [1.807, 2.05) is 0 Å². The highest BCUT2D eigenvalue weighted by atomic mass is 79.9. The van der Waals surface area contributed by atoms with E-state index >= 15 is 0 Å². The molecule has 1 aromatic rings. The van der Waals surface area contributed by atoms with Gasteiger partial charge >= 0.3 is 5.97 Å². The van der Waals surface area contributed by atoms with Crippen LogP contribution in [-0.4, -0.2) is 18.4 Å². The van der Waals surface area contributed by atoms with E-state index in [4.69, 9.17) is 4.74 Å². The Balaban J connectivity index is 2.73. The zero-order valence-electron chi connectivity index (χ0n) is 10.4. The second kappa shape index (κ2) is 5.61. The van der Waals surface area contributed by atoms with Crippen molar-refractivity contribution < 1.29 is 18.7 Å². The lowest BCUT2D eigenvalue weighted by Gasteiger charge is -2.16. The minimum Gasteiger partial charge on any atom is -0.457 e. The number of halogens is 2. The lowest BCUT2D eigenvalue weighted by Crippen LogP contribution is -2.25. The van der Waals surface area contributed by atoms with E-state index in [9.17, 15) is 14.0 Å². The lowest BCUT2D eigenvalue weighted by molar-refractivity contribution is -0.151. The second-order valence-corrected chi connectivity index (χ2v) is 5.71. The molecule has 1 rings (SSSR count). The van der Waals surface area contributed by atoms with Crippen molar-refractivity contribution in [3.63, 3.8) is 0 Å². The maximum Gasteiger partial charge on any atom is 0.311 e. The topological polar surface area (TPSA) is 43.4 Å². The molecule has 0 radical (unpaired) electrons. The standard InChI is InChI=1S/C13H14BrFO3/c1-13(2,3)12(17)18-7-10(16)8-5-4-6-9(14)11(8)15/h4-6H,7H2,1-3H3. The molecular weight excluding hydrogens is 303 g/mol. The first kappa shape index (κ1) is 14.8. The number of carbonyl (C=O) groups is 2. The van der Waals surface area contributed by atoms with Gasteiger partial charge in [0.2, 0.25) is 5.78 Å². The van der Waals surface area contributed by atoms with E-state index in [1.54, 1.807) is 26.8 Å². The maximum absolute atomic E-state index is 13.6. The van der Waals surface area contributed by atoms with Crippen LogP contribution in [0.2, 0.25) is 0 Å². The van der Waals surface area contributed by atoms with Gasteiger partial charge in [0.1, 0.15) is 5.82 Å². The van der Waals surface area contributed by atoms with Crippen LogP contribution in [0.25, 0.3) is 0 Å². The van der Waals surface area contributed by atoms with Crippen LogP contribution in [0.5, 0.6) is 0 Å². The molecule has 5 heteroatoms. The van der Waals surface area contributed by atoms with Gasteiger partial charge in [-0.2, -0.15) is 0 Å². The molecular formula is C13H14BrFO3. The summed E-state index contributed by atoms with van der Waals surface area (Å²) in [5, 5.41) is 0. The largest absolute Gasteiger partial charge is 0.457 e. The Kier molecular flexibility index (Phi) is 4.62. The minimum absolute atomic E-state index is 0.0916. The highest BCUT2D eigenvalue weighted by Gasteiger charge is 2.24. The summed E-state index contributed by atoms with van der Waals surface area (Å²) in [7, 11) is 0. The monoisotopic (exact) mass is 316 g/mol. The van der Waals surface area contributed by atoms with Gasteiger partial charge in [-0.3, -0.25) is 9.59 Å². The van der Waals surface area contributed by atoms with Gasteiger partial charge in [-0.1, -0.05) is 6.07 Å². The van der Waals surface area contributed by atoms with Gasteiger partial charge in [-0.05, 0) is 48.8 Å². The number of Topliss-reactive ketones (excluding diaryl/α,β-unsaturated/α-hetero) is 1. The van der Waals surface area contributed by atoms with Crippen LogP contribution in [0, 0.1) is 11.2 Å². The van der Waals surface area contributed by atoms with Crippen molar-refractivity contribution in [1.82, 2.24) is 0 Å². The predicted molar refractivity (Wildman–Crippen MR) is 68.8 cm³/mol. The van der Waals surface area contributed by atoms with Crippen molar-refractivity contribution in [3.05, 3.63) is 34.1 Å². The van der Waals surface area contributed by atoms with Gasteiger partial charge in [0.05, 0.1) is 15.5 Å². The van der Waals surface area contributed by atoms with E-state index in [2.05, 4.69) is 15.9 Å². The summed E-state index contributed by atoms with van der Waals surface area (Å²) in [5.41, 5.74) is -0.776. The molecule has 0 aromatic heterocycles. The van der Waals surface area contributed by atoms with Gasteiger partial charge < -0.3 is 4.74 Å². The third-order valence-electron chi connectivity index (χ3n) is 2.20. The third kappa shape index (κ3) is 3.63. The highest BCUT2D eigenvalue weighted by Crippen LogP contribution is 2.20. The molecule has 0 spiro atoms. The van der Waals surface area contributed by atoms with Crippen molar-refractivity contribution in [2.75, 3.05) is 6.61 Å². The van der Waals surface area contributed by atoms with E-state index in [-0.39, 0.29) is 10.0 Å². The first-order valence-corrected chi connectivity index (χ1v) is 6.17. The maximum atomic E-state index is 13.6. The smallest absolute Gasteiger partial charge is 0.311 e. The van der Waals surface area contributed by atoms with Crippen LogP contribution in [0.3, 0.4) is 0 Å². The van der Waals surface area contributed by atoms with E-state index in [1.165, 1.54) is 12.1 Å². The van der Waals surface area contributed by atoms with Gasteiger partial charge in [0, 0.05) is 0 Å². The van der Waals surface area contributed by atoms with Crippen LogP contribution >= 0.6 is 15.9 Å². The van der Waals surface area contributed by atoms with E-state index in [0.29, 0.717) is 0 Å². The third-order valence-corrected chi connectivity index (χ3v) is 2.81. The Morgan fingerprint density at radius 3 is 2.50 bits per heavy atom. The second-order valence-electron chi connectivity index (χ2n) is 4.85. The summed E-state index contributed by atoms with van der Waals surface area (Å²) in [6.45, 7) is 4.59. The summed E-state index contributed by atoms with van der Waals surface area (Å²) >= 11 is 2.99. The molecule has 0 heterocycles. The van der Waals surface area contributed by atoms with Crippen molar-refractivity contribution in [2.45, 2.75) is 20.8 Å². The highest BCUT2D eigenvalue weighted by molar-refractivity contribution is 9.10. The fourth-order valence-electron chi connectivity index (χ4n) is 1.14. The summed E-state index contributed by atoms with van der Waals surface area (Å²) in [5.74, 6) is -1.70. The van der Waals surface area contributed by atoms with E-state index < -0.39 is 29.6 Å². The molecule has 0 bridgehead atoms. The van der Waals surface area contributed by atoms with Gasteiger partial charge in [-0.25, -0.2) is 4.39 Å². The number of carbonyl (C=O) groups excluding carboxylic acids is 2. The molecule has 0 amide bonds. The zero-order valence-corrected chi connectivity index (χ0v) is 12.0. The Bertz CT molecular complexity index is 478. The molecule has 0 fully saturated rings. The lowest BCUT2D eigenvalue weighted by atomic mass is 9.97. The van der Waals surface area contributed by atoms with Crippen LogP contribution in [0.1, 0.15) is 31.1 Å². The molecule has 0 aliphatic rings. The molecule has 0 saturated heterocycles. The fourth-order valence-corrected chi connectivity index (χ4v) is 1.51. The summed E-state index contributed by atoms with van der Waals surface area (Å²) in [6, 6.07) is 4.40. The van der Waals surface area contributed by atoms with Crippen LogP contribution < -0.4 is 0 Å². The molecule has 0 aliphatic carbocycles. The number of ether oxygens (including phenoxy) is 1. The molecule has 0 unspecified atom stereocenters. The molecule has 3 nitrogen and oxygen atoms in total. The normalized spacial score (nSPS) is 11.2. The Morgan fingerprint density at radius 1 is 1.33 bits per heavy atom. The van der Waals surface area contributed by atoms with Crippen LogP contribution in [-0.2, 0) is 9.53 Å². The van der Waals surface area contributed by atoms with Crippen molar-refractivity contribution >= 4 is 27.7 Å². The van der Waals surface area contributed by atoms with Crippen LogP contribution in [0.15, 0.2) is 22.7 Å². The van der Waals surface area contributed by atoms with Gasteiger partial charge in [0.15, 0.2) is 6.61 Å². The zero-order chi connectivity index (χ0) is 13.9. The molecule has 0 N–H and O–H groups in total. The number of hydrogen-bond donors (Lipinski definition) is 0. The summed E-state index contributed by atoms with van der Waals surface area (Å²) in [4.78, 5) is 23.2. The van der Waals surface area contributed by atoms with Crippen molar-refractivity contribution in [1.29, 1.82) is 0 Å². The molecule has 1 aromatic carbocycles. The first-order valence-electron chi connectivity index (χ1n) is 5.38. The summed E-state index contributed by atoms with van der Waals surface area (Å²) < 4.78 is 18.7. The summed E-state index contributed by atoms with van der Waals surface area (Å²) in [6.07, 6.45) is 0. The average Bonchev–Trinajstić information content (AvgIpc) is 2.27. The van der Waals surface area contributed by atoms with Gasteiger partial charge in [0.25, 0.3) is 0 Å². The first-order chi connectivity index (χ1) is 8.23. The number of ketones is 1. The minimum atomic E-state index is -0.684. The number of hydrogen-bond acceptors (Lipinski definition) is 3. The Labute approximate surface area is 113 Å². The number of rotatable bonds is 3. The van der Waals surface area contributed by atoms with Gasteiger partial charge in [-0.15, -0.1) is 0 Å². The Morgan fingerprint density at radius 2 is 1.94 bits per heavy atom. The SMILES string of the molecule is CC(C)(C)C(=O)OCC(=O)c1cccc(Br)c1F. The molecule has 98 valence electrons. The quantitative estimate of drug-likeness (QED) is 0.634. The van der Waals surface area contributed by atoms with Crippen molar-refractivity contribution in [2.24, 2.45) is 5.41 Å². The Hall–Kier alpha value is -1.23. The number of esters is 1. The number of benzene rings is 1. The van der Waals surface area contributed by atoms with Crippen molar-refractivity contribution in [3.8, 4) is 0 Å². The predicted octanol–water partition coefficient (Wildman–Crippen LogP) is 3.36. The van der Waals surface area contributed by atoms with E-state index in [0.717, 1.165) is 0 Å². The van der Waals surface area contributed by atoms with Crippen LogP contribution in [0.4, 0.5) is 4.39 Å². The molecule has 0 aliphatic heterocycles. The molecule has 0 atom stereocenters. The fraction of sp³-hybridized carbons (Fsp3) is 0.385. The average molecular weight is 317 g/mol.